The minimum Gasteiger partial charge on any atom is -0.310 e. The molecular formula is C25H22BrN3OS2. The molecule has 2 aliphatic rings. The molecule has 1 aliphatic heterocycles. The van der Waals surface area contributed by atoms with E-state index in [0.29, 0.717) is 6.54 Å². The molecule has 162 valence electrons. The molecule has 0 radical (unpaired) electrons. The van der Waals surface area contributed by atoms with Gasteiger partial charge in [0.15, 0.2) is 0 Å². The molecule has 7 heteroatoms. The van der Waals surface area contributed by atoms with Gasteiger partial charge >= 0.3 is 6.03 Å². The predicted molar refractivity (Wildman–Crippen MR) is 135 cm³/mol. The van der Waals surface area contributed by atoms with Crippen molar-refractivity contribution in [1.29, 1.82) is 0 Å². The first-order valence-electron chi connectivity index (χ1n) is 10.9. The second-order valence-corrected chi connectivity index (χ2v) is 11.3. The normalized spacial score (nSPS) is 17.3. The van der Waals surface area contributed by atoms with Crippen molar-refractivity contribution in [2.45, 2.75) is 38.3 Å². The molecule has 0 saturated carbocycles. The Morgan fingerprint density at radius 3 is 2.69 bits per heavy atom. The van der Waals surface area contributed by atoms with Crippen LogP contribution in [-0.2, 0) is 19.4 Å². The number of nitrogens with one attached hydrogen (secondary N) is 1. The second kappa shape index (κ2) is 8.21. The van der Waals surface area contributed by atoms with Crippen LogP contribution in [0.2, 0.25) is 0 Å². The Labute approximate surface area is 203 Å². The molecule has 32 heavy (non-hydrogen) atoms. The lowest BCUT2D eigenvalue weighted by Crippen LogP contribution is -2.37. The molecule has 0 saturated heterocycles. The quantitative estimate of drug-likeness (QED) is 0.292. The molecule has 4 heterocycles. The Hall–Kier alpha value is -2.35. The monoisotopic (exact) mass is 523 g/mol. The largest absolute Gasteiger partial charge is 0.323 e. The van der Waals surface area contributed by atoms with E-state index in [4.69, 9.17) is 0 Å². The van der Waals surface area contributed by atoms with E-state index in [9.17, 15) is 4.79 Å². The highest BCUT2D eigenvalue weighted by Crippen LogP contribution is 2.44. The topological polar surface area (TPSA) is 37.3 Å². The molecule has 1 unspecified atom stereocenters. The van der Waals surface area contributed by atoms with Gasteiger partial charge in [0.25, 0.3) is 0 Å². The van der Waals surface area contributed by atoms with Gasteiger partial charge in [-0.15, -0.1) is 22.7 Å². The van der Waals surface area contributed by atoms with Crippen molar-refractivity contribution in [2.75, 3.05) is 5.32 Å². The van der Waals surface area contributed by atoms with Gasteiger partial charge in [-0.3, -0.25) is 0 Å². The molecule has 1 aliphatic carbocycles. The Morgan fingerprint density at radius 2 is 1.88 bits per heavy atom. The number of carbonyl (C=O) groups is 1. The maximum Gasteiger partial charge on any atom is 0.323 e. The summed E-state index contributed by atoms with van der Waals surface area (Å²) in [5.74, 6) is 0. The van der Waals surface area contributed by atoms with Crippen molar-refractivity contribution in [3.8, 4) is 5.00 Å². The fourth-order valence-corrected chi connectivity index (χ4v) is 7.38. The number of nitrogens with zero attached hydrogens (tertiary/aromatic N) is 2. The van der Waals surface area contributed by atoms with Crippen LogP contribution in [0.15, 0.2) is 64.6 Å². The van der Waals surface area contributed by atoms with E-state index < -0.39 is 0 Å². The van der Waals surface area contributed by atoms with Gasteiger partial charge in [-0.25, -0.2) is 4.79 Å². The number of hydrogen-bond donors (Lipinski definition) is 1. The first-order chi connectivity index (χ1) is 15.7. The Kier molecular flexibility index (Phi) is 5.20. The minimum atomic E-state index is -0.126. The van der Waals surface area contributed by atoms with Gasteiger partial charge in [0, 0.05) is 31.7 Å². The van der Waals surface area contributed by atoms with Crippen LogP contribution in [0.1, 0.15) is 45.5 Å². The molecule has 1 N–H and O–H groups in total. The maximum absolute atomic E-state index is 13.7. The van der Waals surface area contributed by atoms with Crippen molar-refractivity contribution in [3.63, 3.8) is 0 Å². The smallest absolute Gasteiger partial charge is 0.310 e. The van der Waals surface area contributed by atoms with Gasteiger partial charge in [0.1, 0.15) is 11.0 Å². The van der Waals surface area contributed by atoms with Crippen molar-refractivity contribution in [2.24, 2.45) is 0 Å². The number of urea groups is 1. The zero-order chi connectivity index (χ0) is 21.7. The molecule has 0 bridgehead atoms. The average Bonchev–Trinajstić information content (AvgIpc) is 3.55. The lowest BCUT2D eigenvalue weighted by Gasteiger charge is -2.30. The second-order valence-electron chi connectivity index (χ2n) is 8.28. The van der Waals surface area contributed by atoms with Crippen molar-refractivity contribution in [1.82, 2.24) is 9.47 Å². The van der Waals surface area contributed by atoms with Crippen molar-refractivity contribution >= 4 is 50.3 Å². The van der Waals surface area contributed by atoms with Gasteiger partial charge in [0.05, 0.1) is 12.2 Å². The third kappa shape index (κ3) is 3.43. The summed E-state index contributed by atoms with van der Waals surface area (Å²) in [6, 6.07) is 16.1. The zero-order valence-electron chi connectivity index (χ0n) is 17.4. The molecule has 6 rings (SSSR count). The first-order valence-corrected chi connectivity index (χ1v) is 13.4. The van der Waals surface area contributed by atoms with Crippen LogP contribution < -0.4 is 5.32 Å². The van der Waals surface area contributed by atoms with Gasteiger partial charge in [-0.05, 0) is 79.1 Å². The minimum absolute atomic E-state index is 0.0675. The number of rotatable bonds is 2. The highest BCUT2D eigenvalue weighted by atomic mass is 79.9. The van der Waals surface area contributed by atoms with Gasteiger partial charge in [-0.2, -0.15) is 0 Å². The molecule has 0 spiro atoms. The molecule has 1 aromatic carbocycles. The van der Waals surface area contributed by atoms with Gasteiger partial charge in [-0.1, -0.05) is 22.0 Å². The standard InChI is InChI=1S/C25H22BrN3OS2/c26-16-9-11-17(12-10-16)27-25(30)29-15-19-18-5-1-2-7-21(18)32-24(19)28-13-3-6-20(28)23(29)22-8-4-14-31-22/h3-4,6,8-14,23H,1-2,5,7,15H2,(H,27,30). The summed E-state index contributed by atoms with van der Waals surface area (Å²) in [5, 5.41) is 6.53. The SMILES string of the molecule is O=C(Nc1ccc(Br)cc1)N1Cc2c(sc3c2CCCC3)-n2cccc2C1c1cccs1. The van der Waals surface area contributed by atoms with Crippen molar-refractivity contribution in [3.05, 3.63) is 91.2 Å². The Balaban J connectivity index is 1.48. The van der Waals surface area contributed by atoms with E-state index in [-0.39, 0.29) is 12.1 Å². The number of amides is 2. The zero-order valence-corrected chi connectivity index (χ0v) is 20.6. The lowest BCUT2D eigenvalue weighted by molar-refractivity contribution is 0.195. The van der Waals surface area contributed by atoms with Crippen LogP contribution in [-0.4, -0.2) is 15.5 Å². The molecule has 1 atom stereocenters. The number of halogens is 1. The van der Waals surface area contributed by atoms with E-state index in [0.717, 1.165) is 28.7 Å². The average molecular weight is 525 g/mol. The van der Waals surface area contributed by atoms with Crippen LogP contribution in [0.25, 0.3) is 5.00 Å². The molecular weight excluding hydrogens is 502 g/mol. The Bertz CT molecular complexity index is 1270. The van der Waals surface area contributed by atoms with E-state index in [1.54, 1.807) is 11.3 Å². The molecule has 0 fully saturated rings. The predicted octanol–water partition coefficient (Wildman–Crippen LogP) is 7.38. The number of carbonyl (C=O) groups excluding carboxylic acids is 1. The number of anilines is 1. The molecule has 2 amide bonds. The number of benzene rings is 1. The molecule has 4 nitrogen and oxygen atoms in total. The molecule has 4 aromatic rings. The summed E-state index contributed by atoms with van der Waals surface area (Å²) in [6.45, 7) is 0.619. The van der Waals surface area contributed by atoms with E-state index in [1.165, 1.54) is 38.7 Å². The summed E-state index contributed by atoms with van der Waals surface area (Å²) < 4.78 is 3.32. The van der Waals surface area contributed by atoms with E-state index in [2.05, 4.69) is 61.7 Å². The summed E-state index contributed by atoms with van der Waals surface area (Å²) in [6.07, 6.45) is 6.92. The third-order valence-corrected chi connectivity index (χ3v) is 9.13. The fraction of sp³-hybridized carbons (Fsp3) is 0.240. The van der Waals surface area contributed by atoms with Gasteiger partial charge < -0.3 is 14.8 Å². The van der Waals surface area contributed by atoms with E-state index in [1.807, 2.05) is 40.5 Å². The van der Waals surface area contributed by atoms with Crippen molar-refractivity contribution < 1.29 is 4.79 Å². The van der Waals surface area contributed by atoms with Gasteiger partial charge in [0.2, 0.25) is 0 Å². The van der Waals surface area contributed by atoms with Crippen LogP contribution in [0.3, 0.4) is 0 Å². The first kappa shape index (κ1) is 20.3. The number of thiophene rings is 2. The van der Waals surface area contributed by atoms with Crippen LogP contribution in [0.4, 0.5) is 10.5 Å². The van der Waals surface area contributed by atoms with Crippen LogP contribution in [0.5, 0.6) is 0 Å². The lowest BCUT2D eigenvalue weighted by atomic mass is 9.95. The summed E-state index contributed by atoms with van der Waals surface area (Å²) in [7, 11) is 0. The number of hydrogen-bond acceptors (Lipinski definition) is 3. The molecule has 3 aromatic heterocycles. The summed E-state index contributed by atoms with van der Waals surface area (Å²) in [4.78, 5) is 18.4. The highest BCUT2D eigenvalue weighted by Gasteiger charge is 2.36. The summed E-state index contributed by atoms with van der Waals surface area (Å²) in [5.41, 5.74) is 4.75. The number of fused-ring (bicyclic) bond motifs is 5. The number of aryl methyl sites for hydroxylation is 1. The Morgan fingerprint density at radius 1 is 1.03 bits per heavy atom. The van der Waals surface area contributed by atoms with Crippen LogP contribution in [0, 0.1) is 0 Å². The van der Waals surface area contributed by atoms with Crippen LogP contribution >= 0.6 is 38.6 Å². The maximum atomic E-state index is 13.7. The fourth-order valence-electron chi connectivity index (χ4n) is 4.86. The summed E-state index contributed by atoms with van der Waals surface area (Å²) >= 11 is 7.10. The number of aromatic nitrogens is 1. The highest BCUT2D eigenvalue weighted by molar-refractivity contribution is 9.10. The third-order valence-electron chi connectivity index (χ3n) is 6.35. The van der Waals surface area contributed by atoms with E-state index >= 15 is 0 Å².